The summed E-state index contributed by atoms with van der Waals surface area (Å²) in [5.41, 5.74) is 1.72. The van der Waals surface area contributed by atoms with Crippen LogP contribution in [-0.2, 0) is 6.42 Å². The molecule has 2 aromatic rings. The number of ether oxygens (including phenoxy) is 1. The van der Waals surface area contributed by atoms with Gasteiger partial charge in [0.2, 0.25) is 0 Å². The van der Waals surface area contributed by atoms with Crippen molar-refractivity contribution in [1.82, 2.24) is 0 Å². The molecule has 0 heterocycles. The molecule has 0 atom stereocenters. The molecule has 1 N–H and O–H groups in total. The van der Waals surface area contributed by atoms with Crippen LogP contribution < -0.4 is 10.1 Å². The lowest BCUT2D eigenvalue weighted by molar-refractivity contribution is 0.414. The highest BCUT2D eigenvalue weighted by Gasteiger charge is 2.07. The predicted octanol–water partition coefficient (Wildman–Crippen LogP) is 4.80. The number of rotatable bonds is 5. The van der Waals surface area contributed by atoms with E-state index in [0.717, 1.165) is 17.7 Å². The molecule has 0 aliphatic carbocycles. The average Bonchev–Trinajstić information content (AvgIpc) is 2.42. The van der Waals surface area contributed by atoms with Gasteiger partial charge in [-0.15, -0.1) is 0 Å². The lowest BCUT2D eigenvalue weighted by Gasteiger charge is -2.11. The zero-order valence-electron chi connectivity index (χ0n) is 10.9. The van der Waals surface area contributed by atoms with Crippen molar-refractivity contribution in [3.63, 3.8) is 0 Å². The van der Waals surface area contributed by atoms with Gasteiger partial charge in [0, 0.05) is 6.54 Å². The zero-order chi connectivity index (χ0) is 14.5. The minimum atomic E-state index is -0.444. The Morgan fingerprint density at radius 1 is 1.10 bits per heavy atom. The molecule has 0 radical (unpaired) electrons. The first kappa shape index (κ1) is 14.9. The lowest BCUT2D eigenvalue weighted by Crippen LogP contribution is -2.06. The van der Waals surface area contributed by atoms with Crippen LogP contribution in [0.5, 0.6) is 5.75 Å². The highest BCUT2D eigenvalue weighted by molar-refractivity contribution is 6.39. The normalized spacial score (nSPS) is 10.4. The highest BCUT2D eigenvalue weighted by atomic mass is 35.5. The van der Waals surface area contributed by atoms with Gasteiger partial charge in [-0.3, -0.25) is 0 Å². The van der Waals surface area contributed by atoms with Crippen molar-refractivity contribution in [3.8, 4) is 5.75 Å². The second-order valence-corrected chi connectivity index (χ2v) is 5.08. The van der Waals surface area contributed by atoms with E-state index >= 15 is 0 Å². The Kier molecular flexibility index (Phi) is 5.10. The number of hydrogen-bond donors (Lipinski definition) is 1. The van der Waals surface area contributed by atoms with Gasteiger partial charge < -0.3 is 10.1 Å². The van der Waals surface area contributed by atoms with E-state index in [1.807, 2.05) is 24.3 Å². The molecule has 2 aromatic carbocycles. The van der Waals surface area contributed by atoms with E-state index in [1.54, 1.807) is 7.11 Å². The SMILES string of the molecule is COc1ccc(CCNc2c(Cl)cc(F)cc2Cl)cc1. The zero-order valence-corrected chi connectivity index (χ0v) is 12.4. The Morgan fingerprint density at radius 3 is 2.25 bits per heavy atom. The summed E-state index contributed by atoms with van der Waals surface area (Å²) in [6.45, 7) is 0.650. The monoisotopic (exact) mass is 313 g/mol. The number of halogens is 3. The van der Waals surface area contributed by atoms with Crippen LogP contribution >= 0.6 is 23.2 Å². The molecular formula is C15H14Cl2FNO. The Morgan fingerprint density at radius 2 is 1.70 bits per heavy atom. The van der Waals surface area contributed by atoms with Crippen molar-refractivity contribution in [2.75, 3.05) is 19.0 Å². The molecule has 0 bridgehead atoms. The van der Waals surface area contributed by atoms with Crippen LogP contribution in [0.25, 0.3) is 0 Å². The van der Waals surface area contributed by atoms with Crippen LogP contribution in [0.2, 0.25) is 10.0 Å². The summed E-state index contributed by atoms with van der Waals surface area (Å²) in [7, 11) is 1.63. The smallest absolute Gasteiger partial charge is 0.126 e. The third kappa shape index (κ3) is 3.78. The molecule has 0 fully saturated rings. The van der Waals surface area contributed by atoms with Gasteiger partial charge in [0.1, 0.15) is 11.6 Å². The third-order valence-corrected chi connectivity index (χ3v) is 3.48. The van der Waals surface area contributed by atoms with E-state index in [2.05, 4.69) is 5.32 Å². The molecule has 0 aromatic heterocycles. The van der Waals surface area contributed by atoms with Crippen molar-refractivity contribution < 1.29 is 9.13 Å². The first-order valence-corrected chi connectivity index (χ1v) is 6.87. The highest BCUT2D eigenvalue weighted by Crippen LogP contribution is 2.31. The van der Waals surface area contributed by atoms with E-state index in [-0.39, 0.29) is 10.0 Å². The number of nitrogens with one attached hydrogen (secondary N) is 1. The fraction of sp³-hybridized carbons (Fsp3) is 0.200. The summed E-state index contributed by atoms with van der Waals surface area (Å²) in [5.74, 6) is 0.382. The molecule has 0 aliphatic heterocycles. The number of benzene rings is 2. The minimum absolute atomic E-state index is 0.282. The Bertz CT molecular complexity index is 564. The number of hydrogen-bond acceptors (Lipinski definition) is 2. The van der Waals surface area contributed by atoms with E-state index in [9.17, 15) is 4.39 Å². The molecule has 106 valence electrons. The van der Waals surface area contributed by atoms with Gasteiger partial charge in [0.05, 0.1) is 22.8 Å². The summed E-state index contributed by atoms with van der Waals surface area (Å²) in [4.78, 5) is 0. The second kappa shape index (κ2) is 6.82. The standard InChI is InChI=1S/C15H14Cl2FNO/c1-20-12-4-2-10(3-5-12)6-7-19-15-13(16)8-11(18)9-14(15)17/h2-5,8-9,19H,6-7H2,1H3. The van der Waals surface area contributed by atoms with Crippen LogP contribution in [0.3, 0.4) is 0 Å². The van der Waals surface area contributed by atoms with Crippen LogP contribution in [0.1, 0.15) is 5.56 Å². The first-order chi connectivity index (χ1) is 9.60. The first-order valence-electron chi connectivity index (χ1n) is 6.11. The second-order valence-electron chi connectivity index (χ2n) is 4.27. The van der Waals surface area contributed by atoms with Gasteiger partial charge in [-0.2, -0.15) is 0 Å². The maximum atomic E-state index is 13.1. The molecule has 0 unspecified atom stereocenters. The maximum absolute atomic E-state index is 13.1. The van der Waals surface area contributed by atoms with Crippen molar-refractivity contribution in [2.24, 2.45) is 0 Å². The molecule has 0 amide bonds. The molecule has 2 rings (SSSR count). The van der Waals surface area contributed by atoms with Gasteiger partial charge in [-0.1, -0.05) is 35.3 Å². The van der Waals surface area contributed by atoms with Gasteiger partial charge in [-0.05, 0) is 36.2 Å². The molecule has 0 spiro atoms. The summed E-state index contributed by atoms with van der Waals surface area (Å²) in [6, 6.07) is 10.3. The molecule has 20 heavy (non-hydrogen) atoms. The van der Waals surface area contributed by atoms with Crippen LogP contribution in [0.15, 0.2) is 36.4 Å². The lowest BCUT2D eigenvalue weighted by atomic mass is 10.1. The van der Waals surface area contributed by atoms with Crippen LogP contribution in [0, 0.1) is 5.82 Å². The molecule has 0 aliphatic rings. The van der Waals surface area contributed by atoms with Crippen molar-refractivity contribution in [2.45, 2.75) is 6.42 Å². The maximum Gasteiger partial charge on any atom is 0.126 e. The van der Waals surface area contributed by atoms with Crippen molar-refractivity contribution >= 4 is 28.9 Å². The largest absolute Gasteiger partial charge is 0.497 e. The van der Waals surface area contributed by atoms with Gasteiger partial charge in [0.25, 0.3) is 0 Å². The number of methoxy groups -OCH3 is 1. The quantitative estimate of drug-likeness (QED) is 0.856. The van der Waals surface area contributed by atoms with E-state index in [1.165, 1.54) is 12.1 Å². The molecule has 2 nitrogen and oxygen atoms in total. The van der Waals surface area contributed by atoms with Gasteiger partial charge >= 0.3 is 0 Å². The fourth-order valence-corrected chi connectivity index (χ4v) is 2.43. The van der Waals surface area contributed by atoms with E-state index in [0.29, 0.717) is 12.2 Å². The van der Waals surface area contributed by atoms with Gasteiger partial charge in [0.15, 0.2) is 0 Å². The van der Waals surface area contributed by atoms with Crippen LogP contribution in [0.4, 0.5) is 10.1 Å². The predicted molar refractivity (Wildman–Crippen MR) is 81.6 cm³/mol. The fourth-order valence-electron chi connectivity index (χ4n) is 1.84. The van der Waals surface area contributed by atoms with Crippen molar-refractivity contribution in [3.05, 3.63) is 57.8 Å². The van der Waals surface area contributed by atoms with Crippen LogP contribution in [-0.4, -0.2) is 13.7 Å². The number of anilines is 1. The average molecular weight is 314 g/mol. The minimum Gasteiger partial charge on any atom is -0.497 e. The summed E-state index contributed by atoms with van der Waals surface area (Å²) in [5, 5.41) is 3.69. The molecule has 5 heteroatoms. The topological polar surface area (TPSA) is 21.3 Å². The van der Waals surface area contributed by atoms with Crippen molar-refractivity contribution in [1.29, 1.82) is 0 Å². The molecular weight excluding hydrogens is 300 g/mol. The van der Waals surface area contributed by atoms with E-state index < -0.39 is 5.82 Å². The third-order valence-electron chi connectivity index (χ3n) is 2.88. The Hall–Kier alpha value is -1.45. The summed E-state index contributed by atoms with van der Waals surface area (Å²) < 4.78 is 18.2. The van der Waals surface area contributed by atoms with Gasteiger partial charge in [-0.25, -0.2) is 4.39 Å². The molecule has 0 saturated carbocycles. The Balaban J connectivity index is 1.95. The summed E-state index contributed by atoms with van der Waals surface area (Å²) in [6.07, 6.45) is 0.800. The Labute approximate surface area is 127 Å². The van der Waals surface area contributed by atoms with E-state index in [4.69, 9.17) is 27.9 Å². The molecule has 0 saturated heterocycles. The summed E-state index contributed by atoms with van der Waals surface area (Å²) >= 11 is 11.9.